The highest BCUT2D eigenvalue weighted by Crippen LogP contribution is 2.10. The van der Waals surface area contributed by atoms with Crippen LogP contribution in [0.5, 0.6) is 0 Å². The molecule has 0 unspecified atom stereocenters. The number of ether oxygens (including phenoxy) is 1. The van der Waals surface area contributed by atoms with Gasteiger partial charge in [-0.25, -0.2) is 0 Å². The predicted octanol–water partition coefficient (Wildman–Crippen LogP) is 1.57. The molecule has 0 aliphatic heterocycles. The summed E-state index contributed by atoms with van der Waals surface area (Å²) < 4.78 is 7.07. The summed E-state index contributed by atoms with van der Waals surface area (Å²) in [5, 5.41) is 7.58. The lowest BCUT2D eigenvalue weighted by Crippen LogP contribution is -2.05. The molecule has 0 radical (unpaired) electrons. The standard InChI is InChI=1S/C10H19N3O/c1-4-14-7-5-6-11-10-8-13(3)12-9(10)2/h8,11H,4-7H2,1-3H3. The average molecular weight is 197 g/mol. The Bertz CT molecular complexity index is 270. The minimum absolute atomic E-state index is 0.798. The minimum Gasteiger partial charge on any atom is -0.382 e. The normalized spacial score (nSPS) is 10.5. The lowest BCUT2D eigenvalue weighted by atomic mass is 10.3. The molecule has 1 aromatic heterocycles. The highest BCUT2D eigenvalue weighted by Gasteiger charge is 2.00. The first-order valence-electron chi connectivity index (χ1n) is 5.06. The monoisotopic (exact) mass is 197 g/mol. The summed E-state index contributed by atoms with van der Waals surface area (Å²) in [6.07, 6.45) is 3.03. The van der Waals surface area contributed by atoms with Gasteiger partial charge in [0.25, 0.3) is 0 Å². The van der Waals surface area contributed by atoms with Crippen LogP contribution in [0.15, 0.2) is 6.20 Å². The second-order valence-electron chi connectivity index (χ2n) is 3.28. The molecule has 0 spiro atoms. The van der Waals surface area contributed by atoms with Crippen molar-refractivity contribution in [3.8, 4) is 0 Å². The molecule has 4 nitrogen and oxygen atoms in total. The van der Waals surface area contributed by atoms with E-state index in [0.29, 0.717) is 0 Å². The molecular weight excluding hydrogens is 178 g/mol. The van der Waals surface area contributed by atoms with Crippen LogP contribution < -0.4 is 5.32 Å². The lowest BCUT2D eigenvalue weighted by Gasteiger charge is -2.04. The number of aromatic nitrogens is 2. The van der Waals surface area contributed by atoms with E-state index in [1.807, 2.05) is 31.8 Å². The van der Waals surface area contributed by atoms with E-state index in [2.05, 4.69) is 10.4 Å². The van der Waals surface area contributed by atoms with Crippen LogP contribution in [0.2, 0.25) is 0 Å². The highest BCUT2D eigenvalue weighted by atomic mass is 16.5. The van der Waals surface area contributed by atoms with Gasteiger partial charge in [0.1, 0.15) is 0 Å². The SMILES string of the molecule is CCOCCCNc1cn(C)nc1C. The fourth-order valence-electron chi connectivity index (χ4n) is 1.31. The fraction of sp³-hybridized carbons (Fsp3) is 0.700. The maximum atomic E-state index is 5.25. The van der Waals surface area contributed by atoms with Crippen LogP contribution in [0.1, 0.15) is 19.0 Å². The van der Waals surface area contributed by atoms with Crippen LogP contribution in [0.3, 0.4) is 0 Å². The van der Waals surface area contributed by atoms with Crippen LogP contribution in [-0.2, 0) is 11.8 Å². The van der Waals surface area contributed by atoms with Crippen LogP contribution in [0.4, 0.5) is 5.69 Å². The Balaban J connectivity index is 2.21. The van der Waals surface area contributed by atoms with Crippen molar-refractivity contribution in [2.75, 3.05) is 25.1 Å². The summed E-state index contributed by atoms with van der Waals surface area (Å²) in [7, 11) is 1.93. The van der Waals surface area contributed by atoms with Gasteiger partial charge in [0.05, 0.1) is 11.4 Å². The van der Waals surface area contributed by atoms with Gasteiger partial charge in [0.2, 0.25) is 0 Å². The highest BCUT2D eigenvalue weighted by molar-refractivity contribution is 5.45. The second-order valence-corrected chi connectivity index (χ2v) is 3.28. The molecule has 0 saturated carbocycles. The molecule has 0 bridgehead atoms. The Morgan fingerprint density at radius 2 is 2.36 bits per heavy atom. The molecule has 4 heteroatoms. The van der Waals surface area contributed by atoms with Crippen molar-refractivity contribution in [2.45, 2.75) is 20.3 Å². The summed E-state index contributed by atoms with van der Waals surface area (Å²) in [5.74, 6) is 0. The average Bonchev–Trinajstić information content (AvgIpc) is 2.45. The Morgan fingerprint density at radius 3 is 2.93 bits per heavy atom. The van der Waals surface area contributed by atoms with Gasteiger partial charge < -0.3 is 10.1 Å². The minimum atomic E-state index is 0.798. The predicted molar refractivity (Wildman–Crippen MR) is 57.5 cm³/mol. The third-order valence-corrected chi connectivity index (χ3v) is 2.00. The summed E-state index contributed by atoms with van der Waals surface area (Å²) in [6, 6.07) is 0. The van der Waals surface area contributed by atoms with Gasteiger partial charge in [-0.1, -0.05) is 0 Å². The van der Waals surface area contributed by atoms with Gasteiger partial charge in [0, 0.05) is 33.0 Å². The summed E-state index contributed by atoms with van der Waals surface area (Å²) in [6.45, 7) is 6.57. The van der Waals surface area contributed by atoms with E-state index in [4.69, 9.17) is 4.74 Å². The molecule has 0 aromatic carbocycles. The third kappa shape index (κ3) is 3.38. The zero-order chi connectivity index (χ0) is 10.4. The first-order chi connectivity index (χ1) is 6.74. The van der Waals surface area contributed by atoms with E-state index >= 15 is 0 Å². The number of rotatable bonds is 6. The molecule has 0 saturated heterocycles. The molecule has 0 fully saturated rings. The lowest BCUT2D eigenvalue weighted by molar-refractivity contribution is 0.147. The van der Waals surface area contributed by atoms with Crippen molar-refractivity contribution in [1.29, 1.82) is 0 Å². The zero-order valence-electron chi connectivity index (χ0n) is 9.21. The molecule has 80 valence electrons. The molecule has 14 heavy (non-hydrogen) atoms. The van der Waals surface area contributed by atoms with E-state index < -0.39 is 0 Å². The number of anilines is 1. The fourth-order valence-corrected chi connectivity index (χ4v) is 1.31. The van der Waals surface area contributed by atoms with Gasteiger partial charge in [-0.2, -0.15) is 5.10 Å². The maximum Gasteiger partial charge on any atom is 0.0824 e. The Hall–Kier alpha value is -1.03. The number of hydrogen-bond acceptors (Lipinski definition) is 3. The van der Waals surface area contributed by atoms with Gasteiger partial charge >= 0.3 is 0 Å². The van der Waals surface area contributed by atoms with Gasteiger partial charge in [-0.15, -0.1) is 0 Å². The molecular formula is C10H19N3O. The van der Waals surface area contributed by atoms with Crippen molar-refractivity contribution < 1.29 is 4.74 Å². The van der Waals surface area contributed by atoms with E-state index in [9.17, 15) is 0 Å². The number of nitrogens with one attached hydrogen (secondary N) is 1. The van der Waals surface area contributed by atoms with Crippen molar-refractivity contribution in [1.82, 2.24) is 9.78 Å². The van der Waals surface area contributed by atoms with Gasteiger partial charge in [-0.05, 0) is 20.3 Å². The topological polar surface area (TPSA) is 39.1 Å². The Morgan fingerprint density at radius 1 is 1.57 bits per heavy atom. The number of aryl methyl sites for hydroxylation is 2. The largest absolute Gasteiger partial charge is 0.382 e. The van der Waals surface area contributed by atoms with Crippen LogP contribution in [-0.4, -0.2) is 29.5 Å². The van der Waals surface area contributed by atoms with Crippen molar-refractivity contribution >= 4 is 5.69 Å². The number of nitrogens with zero attached hydrogens (tertiary/aromatic N) is 2. The van der Waals surface area contributed by atoms with Crippen LogP contribution in [0, 0.1) is 6.92 Å². The summed E-state index contributed by atoms with van der Waals surface area (Å²) >= 11 is 0. The second kappa shape index (κ2) is 5.65. The molecule has 0 aliphatic rings. The molecule has 1 aromatic rings. The zero-order valence-corrected chi connectivity index (χ0v) is 9.21. The molecule has 0 amide bonds. The van der Waals surface area contributed by atoms with Crippen molar-refractivity contribution in [2.24, 2.45) is 7.05 Å². The van der Waals surface area contributed by atoms with Gasteiger partial charge in [0.15, 0.2) is 0 Å². The molecule has 1 heterocycles. The van der Waals surface area contributed by atoms with Crippen LogP contribution in [0.25, 0.3) is 0 Å². The van der Waals surface area contributed by atoms with E-state index in [1.165, 1.54) is 0 Å². The first-order valence-corrected chi connectivity index (χ1v) is 5.06. The molecule has 0 aliphatic carbocycles. The quantitative estimate of drug-likeness (QED) is 0.703. The smallest absolute Gasteiger partial charge is 0.0824 e. The first kappa shape index (κ1) is 11.0. The summed E-state index contributed by atoms with van der Waals surface area (Å²) in [4.78, 5) is 0. The summed E-state index contributed by atoms with van der Waals surface area (Å²) in [5.41, 5.74) is 2.16. The van der Waals surface area contributed by atoms with Crippen molar-refractivity contribution in [3.05, 3.63) is 11.9 Å². The van der Waals surface area contributed by atoms with Crippen molar-refractivity contribution in [3.63, 3.8) is 0 Å². The van der Waals surface area contributed by atoms with Gasteiger partial charge in [-0.3, -0.25) is 4.68 Å². The Labute approximate surface area is 85.3 Å². The Kier molecular flexibility index (Phi) is 4.46. The van der Waals surface area contributed by atoms with Crippen LogP contribution >= 0.6 is 0 Å². The molecule has 1 N–H and O–H groups in total. The van der Waals surface area contributed by atoms with E-state index in [-0.39, 0.29) is 0 Å². The molecule has 0 atom stereocenters. The maximum absolute atomic E-state index is 5.25. The van der Waals surface area contributed by atoms with E-state index in [1.54, 1.807) is 0 Å². The third-order valence-electron chi connectivity index (χ3n) is 2.00. The number of hydrogen-bond donors (Lipinski definition) is 1. The molecule has 1 rings (SSSR count). The van der Waals surface area contributed by atoms with E-state index in [0.717, 1.165) is 37.6 Å².